The summed E-state index contributed by atoms with van der Waals surface area (Å²) in [6.45, 7) is 1.97. The molecule has 0 aliphatic heterocycles. The van der Waals surface area contributed by atoms with E-state index in [4.69, 9.17) is 0 Å². The number of para-hydroxylation sites is 1. The van der Waals surface area contributed by atoms with E-state index in [9.17, 15) is 9.90 Å². The number of benzene rings is 2. The second-order valence-electron chi connectivity index (χ2n) is 6.38. The fourth-order valence-corrected chi connectivity index (χ4v) is 4.58. The number of thioether (sulfide) groups is 1. The van der Waals surface area contributed by atoms with Crippen molar-refractivity contribution in [1.82, 2.24) is 30.1 Å². The van der Waals surface area contributed by atoms with Gasteiger partial charge >= 0.3 is 0 Å². The molecule has 0 aliphatic carbocycles. The second-order valence-corrected chi connectivity index (χ2v) is 8.38. The summed E-state index contributed by atoms with van der Waals surface area (Å²) in [7, 11) is 1.78. The highest BCUT2D eigenvalue weighted by Gasteiger charge is 2.22. The first kappa shape index (κ1) is 19.3. The molecular weight excluding hydrogens is 408 g/mol. The zero-order valence-electron chi connectivity index (χ0n) is 15.8. The molecular formula is C19H18N6O2S2. The Labute approximate surface area is 175 Å². The van der Waals surface area contributed by atoms with Gasteiger partial charge in [-0.05, 0) is 53.7 Å². The highest BCUT2D eigenvalue weighted by Crippen LogP contribution is 2.29. The molecule has 0 saturated heterocycles. The van der Waals surface area contributed by atoms with E-state index in [-0.39, 0.29) is 23.5 Å². The molecule has 0 saturated carbocycles. The summed E-state index contributed by atoms with van der Waals surface area (Å²) >= 11 is 2.86. The van der Waals surface area contributed by atoms with Crippen LogP contribution >= 0.6 is 23.1 Å². The molecule has 4 rings (SSSR count). The lowest BCUT2D eigenvalue weighted by Crippen LogP contribution is -2.31. The van der Waals surface area contributed by atoms with Crippen LogP contribution < -0.4 is 0 Å². The Morgan fingerprint density at radius 1 is 1.24 bits per heavy atom. The third-order valence-electron chi connectivity index (χ3n) is 4.50. The summed E-state index contributed by atoms with van der Waals surface area (Å²) in [5.41, 5.74) is 1.65. The minimum Gasteiger partial charge on any atom is -0.508 e. The number of nitrogens with zero attached hydrogens (tertiary/aromatic N) is 6. The number of amides is 1. The summed E-state index contributed by atoms with van der Waals surface area (Å²) in [5.74, 6) is 0.322. The summed E-state index contributed by atoms with van der Waals surface area (Å²) in [6.07, 6.45) is 0. The number of thiazole rings is 1. The predicted molar refractivity (Wildman–Crippen MR) is 112 cm³/mol. The van der Waals surface area contributed by atoms with Crippen LogP contribution in [-0.2, 0) is 4.79 Å². The van der Waals surface area contributed by atoms with Crippen molar-refractivity contribution >= 4 is 39.2 Å². The predicted octanol–water partition coefficient (Wildman–Crippen LogP) is 3.29. The lowest BCUT2D eigenvalue weighted by atomic mass is 10.3. The normalized spacial score (nSPS) is 12.2. The molecule has 1 unspecified atom stereocenters. The van der Waals surface area contributed by atoms with Crippen LogP contribution in [0.4, 0.5) is 0 Å². The molecule has 2 aromatic carbocycles. The maximum Gasteiger partial charge on any atom is 0.233 e. The van der Waals surface area contributed by atoms with Gasteiger partial charge in [0.2, 0.25) is 11.1 Å². The van der Waals surface area contributed by atoms with Crippen molar-refractivity contribution in [2.24, 2.45) is 0 Å². The zero-order valence-corrected chi connectivity index (χ0v) is 17.4. The van der Waals surface area contributed by atoms with Crippen molar-refractivity contribution in [2.75, 3.05) is 12.8 Å². The number of carbonyl (C=O) groups is 1. The molecule has 0 bridgehead atoms. The van der Waals surface area contributed by atoms with Crippen LogP contribution in [0.25, 0.3) is 15.9 Å². The Hall–Kier alpha value is -2.98. The SMILES string of the molecule is CC(c1nc2ccccc2s1)N(C)C(=O)CSc1nnnn1-c1ccc(O)cc1. The molecule has 2 heterocycles. The van der Waals surface area contributed by atoms with Crippen LogP contribution in [-0.4, -0.2) is 53.9 Å². The van der Waals surface area contributed by atoms with E-state index in [0.717, 1.165) is 15.2 Å². The van der Waals surface area contributed by atoms with Crippen LogP contribution in [0.2, 0.25) is 0 Å². The maximum atomic E-state index is 12.7. The number of hydrogen-bond donors (Lipinski definition) is 1. The van der Waals surface area contributed by atoms with Crippen LogP contribution in [0.5, 0.6) is 5.75 Å². The molecule has 0 aliphatic rings. The van der Waals surface area contributed by atoms with E-state index in [1.165, 1.54) is 16.4 Å². The lowest BCUT2D eigenvalue weighted by molar-refractivity contribution is -0.128. The van der Waals surface area contributed by atoms with Gasteiger partial charge < -0.3 is 10.0 Å². The van der Waals surface area contributed by atoms with Crippen LogP contribution in [0.1, 0.15) is 18.0 Å². The molecule has 1 N–H and O–H groups in total. The molecule has 10 heteroatoms. The smallest absolute Gasteiger partial charge is 0.233 e. The van der Waals surface area contributed by atoms with E-state index >= 15 is 0 Å². The minimum atomic E-state index is -0.131. The second kappa shape index (κ2) is 8.18. The number of tetrazole rings is 1. The van der Waals surface area contributed by atoms with Crippen LogP contribution in [0.15, 0.2) is 53.7 Å². The van der Waals surface area contributed by atoms with Gasteiger partial charge in [0.05, 0.1) is 27.7 Å². The number of hydrogen-bond acceptors (Lipinski definition) is 8. The van der Waals surface area contributed by atoms with Crippen molar-refractivity contribution in [3.63, 3.8) is 0 Å². The minimum absolute atomic E-state index is 0.0398. The Morgan fingerprint density at radius 3 is 2.76 bits per heavy atom. The van der Waals surface area contributed by atoms with Crippen LogP contribution in [0.3, 0.4) is 0 Å². The van der Waals surface area contributed by atoms with Gasteiger partial charge in [-0.2, -0.15) is 4.68 Å². The first-order chi connectivity index (χ1) is 14.0. The first-order valence-corrected chi connectivity index (χ1v) is 10.6. The van der Waals surface area contributed by atoms with Gasteiger partial charge in [-0.3, -0.25) is 4.79 Å². The number of carbonyl (C=O) groups excluding carboxylic acids is 1. The largest absolute Gasteiger partial charge is 0.508 e. The number of aromatic nitrogens is 5. The Kier molecular flexibility index (Phi) is 5.45. The van der Waals surface area contributed by atoms with Gasteiger partial charge in [0.15, 0.2) is 0 Å². The van der Waals surface area contributed by atoms with E-state index < -0.39 is 0 Å². The number of fused-ring (bicyclic) bond motifs is 1. The zero-order chi connectivity index (χ0) is 20.4. The molecule has 0 radical (unpaired) electrons. The maximum absolute atomic E-state index is 12.7. The summed E-state index contributed by atoms with van der Waals surface area (Å²) in [4.78, 5) is 19.1. The molecule has 4 aromatic rings. The molecule has 0 fully saturated rings. The Bertz CT molecular complexity index is 1110. The highest BCUT2D eigenvalue weighted by molar-refractivity contribution is 7.99. The molecule has 148 valence electrons. The molecule has 29 heavy (non-hydrogen) atoms. The third kappa shape index (κ3) is 4.08. The van der Waals surface area contributed by atoms with Gasteiger partial charge in [-0.25, -0.2) is 4.98 Å². The van der Waals surface area contributed by atoms with Crippen molar-refractivity contribution in [1.29, 1.82) is 0 Å². The molecule has 2 aromatic heterocycles. The Balaban J connectivity index is 1.43. The van der Waals surface area contributed by atoms with Crippen molar-refractivity contribution in [3.05, 3.63) is 53.5 Å². The van der Waals surface area contributed by atoms with Gasteiger partial charge in [0, 0.05) is 7.05 Å². The van der Waals surface area contributed by atoms with Gasteiger partial charge in [-0.15, -0.1) is 16.4 Å². The molecule has 0 spiro atoms. The quantitative estimate of drug-likeness (QED) is 0.473. The Morgan fingerprint density at radius 2 is 2.00 bits per heavy atom. The van der Waals surface area contributed by atoms with Gasteiger partial charge in [0.1, 0.15) is 10.8 Å². The fraction of sp³-hybridized carbons (Fsp3) is 0.211. The van der Waals surface area contributed by atoms with E-state index in [1.807, 2.05) is 31.2 Å². The van der Waals surface area contributed by atoms with E-state index in [1.54, 1.807) is 47.5 Å². The number of phenolic OH excluding ortho intramolecular Hbond substituents is 1. The van der Waals surface area contributed by atoms with Crippen molar-refractivity contribution in [2.45, 2.75) is 18.1 Å². The summed E-state index contributed by atoms with van der Waals surface area (Å²) in [6, 6.07) is 14.4. The lowest BCUT2D eigenvalue weighted by Gasteiger charge is -2.23. The average Bonchev–Trinajstić information content (AvgIpc) is 3.38. The van der Waals surface area contributed by atoms with E-state index in [2.05, 4.69) is 20.5 Å². The number of rotatable bonds is 6. The highest BCUT2D eigenvalue weighted by atomic mass is 32.2. The summed E-state index contributed by atoms with van der Waals surface area (Å²) < 4.78 is 2.65. The van der Waals surface area contributed by atoms with E-state index in [0.29, 0.717) is 10.8 Å². The molecule has 1 atom stereocenters. The molecule has 8 nitrogen and oxygen atoms in total. The third-order valence-corrected chi connectivity index (χ3v) is 6.61. The fourth-order valence-electron chi connectivity index (χ4n) is 2.70. The van der Waals surface area contributed by atoms with Crippen LogP contribution in [0, 0.1) is 0 Å². The van der Waals surface area contributed by atoms with Crippen molar-refractivity contribution in [3.8, 4) is 11.4 Å². The van der Waals surface area contributed by atoms with Gasteiger partial charge in [0.25, 0.3) is 0 Å². The monoisotopic (exact) mass is 426 g/mol. The standard InChI is InChI=1S/C19H18N6O2S2/c1-12(18-20-15-5-3-4-6-16(15)29-18)24(2)17(27)11-28-19-21-22-23-25(19)13-7-9-14(26)10-8-13/h3-10,12,26H,11H2,1-2H3. The topological polar surface area (TPSA) is 97.0 Å². The number of aromatic hydroxyl groups is 1. The average molecular weight is 427 g/mol. The summed E-state index contributed by atoms with van der Waals surface area (Å²) in [5, 5.41) is 22.5. The first-order valence-electron chi connectivity index (χ1n) is 8.84. The van der Waals surface area contributed by atoms with Crippen molar-refractivity contribution < 1.29 is 9.90 Å². The van der Waals surface area contributed by atoms with Gasteiger partial charge in [-0.1, -0.05) is 23.9 Å². The molecule has 1 amide bonds. The number of phenols is 1.